The Balaban J connectivity index is 1.33. The molecule has 0 atom stereocenters. The Bertz CT molecular complexity index is 1420. The Kier molecular flexibility index (Phi) is 8.94. The second-order valence-corrected chi connectivity index (χ2v) is 12.3. The molecular weight excluding hydrogens is 512 g/mol. The number of carbonyl (C=O) groups is 1. The van der Waals surface area contributed by atoms with E-state index in [1.165, 1.54) is 14.7 Å². The number of benzene rings is 4. The van der Waals surface area contributed by atoms with Gasteiger partial charge in [0.15, 0.2) is 26.9 Å². The zero-order valence-corrected chi connectivity index (χ0v) is 24.0. The van der Waals surface area contributed by atoms with Crippen molar-refractivity contribution in [2.75, 3.05) is 6.61 Å². The van der Waals surface area contributed by atoms with Crippen molar-refractivity contribution in [1.82, 2.24) is 0 Å². The highest BCUT2D eigenvalue weighted by Gasteiger charge is 2.35. The number of hydrogen-bond donors (Lipinski definition) is 0. The normalized spacial score (nSPS) is 14.2. The van der Waals surface area contributed by atoms with Crippen molar-refractivity contribution in [2.45, 2.75) is 66.2 Å². The van der Waals surface area contributed by atoms with E-state index in [0.29, 0.717) is 0 Å². The lowest BCUT2D eigenvalue weighted by Gasteiger charge is -2.32. The van der Waals surface area contributed by atoms with Gasteiger partial charge in [-0.2, -0.15) is 0 Å². The predicted molar refractivity (Wildman–Crippen MR) is 162 cm³/mol. The predicted octanol–water partition coefficient (Wildman–Crippen LogP) is 8.08. The molecule has 0 amide bonds. The third kappa shape index (κ3) is 6.79. The van der Waals surface area contributed by atoms with Gasteiger partial charge in [0.05, 0.1) is 10.9 Å². The third-order valence-corrected chi connectivity index (χ3v) is 9.33. The molecule has 0 radical (unpaired) electrons. The minimum Gasteiger partial charge on any atom is -0.481 e. The number of hydrogen-bond acceptors (Lipinski definition) is 3. The molecule has 0 heterocycles. The molecule has 0 aromatic heterocycles. The van der Waals surface area contributed by atoms with Crippen LogP contribution >= 0.6 is 0 Å². The fraction of sp³-hybridized carbons (Fsp3) is 0.250. The summed E-state index contributed by atoms with van der Waals surface area (Å²) < 4.78 is 12.1. The quantitative estimate of drug-likeness (QED) is 0.133. The van der Waals surface area contributed by atoms with Crippen LogP contribution in [0.3, 0.4) is 0 Å². The molecule has 0 aliphatic heterocycles. The fourth-order valence-electron chi connectivity index (χ4n) is 5.24. The number of esters is 1. The molecule has 4 aromatic carbocycles. The number of carbonyl (C=O) groups excluding carboxylic acids is 1. The van der Waals surface area contributed by atoms with Crippen molar-refractivity contribution >= 4 is 16.9 Å². The second-order valence-electron chi connectivity index (χ2n) is 10.3. The van der Waals surface area contributed by atoms with Gasteiger partial charge in [-0.15, -0.1) is 0 Å². The summed E-state index contributed by atoms with van der Waals surface area (Å²) in [6, 6.07) is 35.4. The molecule has 0 bridgehead atoms. The van der Waals surface area contributed by atoms with Crippen molar-refractivity contribution in [2.24, 2.45) is 0 Å². The van der Waals surface area contributed by atoms with Crippen molar-refractivity contribution < 1.29 is 14.3 Å². The van der Waals surface area contributed by atoms with E-state index >= 15 is 0 Å². The van der Waals surface area contributed by atoms with Gasteiger partial charge in [0.25, 0.3) is 0 Å². The highest BCUT2D eigenvalue weighted by atomic mass is 32.2. The van der Waals surface area contributed by atoms with Gasteiger partial charge in [-0.1, -0.05) is 66.9 Å². The summed E-state index contributed by atoms with van der Waals surface area (Å²) in [4.78, 5) is 16.8. The number of ether oxygens (including phenoxy) is 2. The Morgan fingerprint density at radius 2 is 1.27 bits per heavy atom. The van der Waals surface area contributed by atoms with Gasteiger partial charge < -0.3 is 9.47 Å². The molecule has 5 rings (SSSR count). The standard InChI is InChI=1S/C36H35O3S/c1-28-25-33(40(31-17-9-4-10-18-31)32-19-11-5-12-20-32)26-29(2)35(28)38-27-34(37)39-36(22-13-6-14-23-36)24-21-30-15-7-3-8-16-30/h3-5,7-12,15-20,25-26H,6,13-14,22-23,27H2,1-2H3/q+1. The second kappa shape index (κ2) is 12.9. The molecule has 4 aromatic rings. The highest BCUT2D eigenvalue weighted by molar-refractivity contribution is 7.97. The van der Waals surface area contributed by atoms with Gasteiger partial charge in [-0.25, -0.2) is 4.79 Å². The summed E-state index contributed by atoms with van der Waals surface area (Å²) in [7, 11) is -0.248. The van der Waals surface area contributed by atoms with Crippen molar-refractivity contribution in [1.29, 1.82) is 0 Å². The molecule has 0 unspecified atom stereocenters. The van der Waals surface area contributed by atoms with E-state index in [0.717, 1.165) is 54.5 Å². The van der Waals surface area contributed by atoms with Gasteiger partial charge in [0, 0.05) is 17.7 Å². The lowest BCUT2D eigenvalue weighted by atomic mass is 9.85. The van der Waals surface area contributed by atoms with Crippen LogP contribution < -0.4 is 4.74 Å². The summed E-state index contributed by atoms with van der Waals surface area (Å²) in [6.07, 6.45) is 4.66. The van der Waals surface area contributed by atoms with Crippen LogP contribution in [-0.2, 0) is 20.4 Å². The third-order valence-electron chi connectivity index (χ3n) is 7.14. The van der Waals surface area contributed by atoms with Crippen LogP contribution in [0.5, 0.6) is 5.75 Å². The first-order chi connectivity index (χ1) is 19.5. The van der Waals surface area contributed by atoms with Crippen molar-refractivity contribution in [3.05, 3.63) is 120 Å². The average Bonchev–Trinajstić information content (AvgIpc) is 2.98. The average molecular weight is 548 g/mol. The molecule has 1 aliphatic rings. The van der Waals surface area contributed by atoms with E-state index in [-0.39, 0.29) is 23.5 Å². The summed E-state index contributed by atoms with van der Waals surface area (Å²) in [5.41, 5.74) is 2.19. The van der Waals surface area contributed by atoms with Crippen molar-refractivity contribution in [3.63, 3.8) is 0 Å². The van der Waals surface area contributed by atoms with Crippen LogP contribution in [0.4, 0.5) is 0 Å². The van der Waals surface area contributed by atoms with Crippen LogP contribution in [0.15, 0.2) is 118 Å². The lowest BCUT2D eigenvalue weighted by Crippen LogP contribution is -2.37. The zero-order chi connectivity index (χ0) is 27.8. The molecule has 0 saturated heterocycles. The molecule has 1 saturated carbocycles. The molecule has 0 N–H and O–H groups in total. The first-order valence-corrected chi connectivity index (χ1v) is 15.1. The van der Waals surface area contributed by atoms with Crippen LogP contribution in [0.25, 0.3) is 0 Å². The van der Waals surface area contributed by atoms with Crippen molar-refractivity contribution in [3.8, 4) is 17.6 Å². The summed E-state index contributed by atoms with van der Waals surface area (Å²) in [5, 5.41) is 0. The van der Waals surface area contributed by atoms with Crippen LogP contribution in [0, 0.1) is 25.7 Å². The molecule has 1 aliphatic carbocycles. The molecule has 3 nitrogen and oxygen atoms in total. The molecule has 1 fully saturated rings. The maximum atomic E-state index is 13.1. The zero-order valence-electron chi connectivity index (χ0n) is 23.2. The van der Waals surface area contributed by atoms with Gasteiger partial charge in [-0.3, -0.25) is 0 Å². The van der Waals surface area contributed by atoms with E-state index in [4.69, 9.17) is 9.47 Å². The van der Waals surface area contributed by atoms with Crippen LogP contribution in [0.2, 0.25) is 0 Å². The van der Waals surface area contributed by atoms with Crippen LogP contribution in [0.1, 0.15) is 48.8 Å². The molecule has 0 spiro atoms. The first-order valence-electron chi connectivity index (χ1n) is 13.9. The SMILES string of the molecule is Cc1cc([S+](c2ccccc2)c2ccccc2)cc(C)c1OCC(=O)OC1(C#Cc2ccccc2)CCCCC1. The van der Waals surface area contributed by atoms with Gasteiger partial charge >= 0.3 is 5.97 Å². The van der Waals surface area contributed by atoms with E-state index in [9.17, 15) is 4.79 Å². The maximum absolute atomic E-state index is 13.1. The molecule has 202 valence electrons. The Hall–Kier alpha value is -3.94. The largest absolute Gasteiger partial charge is 0.481 e. The monoisotopic (exact) mass is 547 g/mol. The fourth-order valence-corrected chi connectivity index (χ4v) is 7.50. The summed E-state index contributed by atoms with van der Waals surface area (Å²) >= 11 is 0. The molecular formula is C36H35O3S+. The Labute approximate surface area is 240 Å². The van der Waals surface area contributed by atoms with Gasteiger partial charge in [0.1, 0.15) is 5.75 Å². The van der Waals surface area contributed by atoms with Gasteiger partial charge in [0.2, 0.25) is 0 Å². The summed E-state index contributed by atoms with van der Waals surface area (Å²) in [6.45, 7) is 3.95. The molecule has 4 heteroatoms. The topological polar surface area (TPSA) is 35.5 Å². The van der Waals surface area contributed by atoms with Crippen LogP contribution in [-0.4, -0.2) is 18.2 Å². The number of rotatable bonds is 7. The van der Waals surface area contributed by atoms with E-state index in [1.807, 2.05) is 56.3 Å². The molecule has 40 heavy (non-hydrogen) atoms. The maximum Gasteiger partial charge on any atom is 0.345 e. The smallest absolute Gasteiger partial charge is 0.345 e. The Morgan fingerprint density at radius 3 is 1.82 bits per heavy atom. The Morgan fingerprint density at radius 1 is 0.750 bits per heavy atom. The minimum atomic E-state index is -0.748. The summed E-state index contributed by atoms with van der Waals surface area (Å²) in [5.74, 6) is 6.90. The van der Waals surface area contributed by atoms with Gasteiger partial charge in [-0.05, 0) is 93.0 Å². The lowest BCUT2D eigenvalue weighted by molar-refractivity contribution is -0.159. The highest BCUT2D eigenvalue weighted by Crippen LogP contribution is 2.36. The van der Waals surface area contributed by atoms with E-state index in [2.05, 4.69) is 72.5 Å². The van der Waals surface area contributed by atoms with E-state index in [1.54, 1.807) is 0 Å². The first kappa shape index (κ1) is 27.6. The van der Waals surface area contributed by atoms with E-state index < -0.39 is 5.60 Å². The number of aryl methyl sites for hydroxylation is 2. The minimum absolute atomic E-state index is 0.140.